The molecule has 5 nitrogen and oxygen atoms in total. The van der Waals surface area contributed by atoms with Crippen LogP contribution in [0.2, 0.25) is 0 Å². The van der Waals surface area contributed by atoms with Crippen molar-refractivity contribution >= 4 is 17.7 Å². The first-order valence-corrected chi connectivity index (χ1v) is 10.2. The Bertz CT molecular complexity index is 560. The molecule has 0 saturated carbocycles. The maximum Gasteiger partial charge on any atom is 0.227 e. The van der Waals surface area contributed by atoms with Crippen LogP contribution in [0, 0.1) is 11.8 Å². The number of benzene rings is 1. The minimum atomic E-state index is 0.154. The van der Waals surface area contributed by atoms with E-state index in [1.54, 1.807) is 11.8 Å². The van der Waals surface area contributed by atoms with E-state index < -0.39 is 0 Å². The summed E-state index contributed by atoms with van der Waals surface area (Å²) >= 11 is 1.71. The first kappa shape index (κ1) is 18.7. The molecule has 0 spiro atoms. The van der Waals surface area contributed by atoms with Crippen molar-refractivity contribution in [2.24, 2.45) is 11.8 Å². The zero-order valence-corrected chi connectivity index (χ0v) is 15.7. The van der Waals surface area contributed by atoms with E-state index >= 15 is 0 Å². The third-order valence-corrected chi connectivity index (χ3v) is 6.02. The van der Waals surface area contributed by atoms with Crippen LogP contribution in [0.1, 0.15) is 5.56 Å². The van der Waals surface area contributed by atoms with E-state index in [-0.39, 0.29) is 18.4 Å². The lowest BCUT2D eigenvalue weighted by atomic mass is 9.96. The summed E-state index contributed by atoms with van der Waals surface area (Å²) in [4.78, 5) is 18.2. The zero-order chi connectivity index (χ0) is 17.6. The maximum atomic E-state index is 12.7. The fourth-order valence-electron chi connectivity index (χ4n) is 3.70. The number of carbonyl (C=O) groups excluding carboxylic acids is 1. The molecule has 2 aliphatic heterocycles. The van der Waals surface area contributed by atoms with Crippen molar-refractivity contribution < 1.29 is 14.6 Å². The number of carbonyl (C=O) groups is 1. The molecule has 1 aromatic carbocycles. The van der Waals surface area contributed by atoms with Crippen LogP contribution in [0.25, 0.3) is 0 Å². The summed E-state index contributed by atoms with van der Waals surface area (Å²) in [5.74, 6) is 0.705. The van der Waals surface area contributed by atoms with Gasteiger partial charge in [0, 0.05) is 50.1 Å². The predicted octanol–water partition coefficient (Wildman–Crippen LogP) is 1.35. The minimum absolute atomic E-state index is 0.154. The predicted molar refractivity (Wildman–Crippen MR) is 99.8 cm³/mol. The van der Waals surface area contributed by atoms with Gasteiger partial charge in [0.15, 0.2) is 0 Å². The fraction of sp³-hybridized carbons (Fsp3) is 0.632. The fourth-order valence-corrected chi connectivity index (χ4v) is 4.11. The summed E-state index contributed by atoms with van der Waals surface area (Å²) in [6.07, 6.45) is 2.49. The van der Waals surface area contributed by atoms with Crippen molar-refractivity contribution in [3.63, 3.8) is 0 Å². The molecule has 3 rings (SSSR count). The average Bonchev–Trinajstić information content (AvgIpc) is 3.06. The number of likely N-dealkylation sites (tertiary alicyclic amines) is 1. The van der Waals surface area contributed by atoms with Crippen LogP contribution >= 0.6 is 11.8 Å². The molecule has 2 saturated heterocycles. The molecule has 1 amide bonds. The van der Waals surface area contributed by atoms with Crippen LogP contribution < -0.4 is 0 Å². The smallest absolute Gasteiger partial charge is 0.227 e. The topological polar surface area (TPSA) is 53.0 Å². The van der Waals surface area contributed by atoms with Gasteiger partial charge in [-0.3, -0.25) is 9.69 Å². The molecular weight excluding hydrogens is 336 g/mol. The van der Waals surface area contributed by atoms with Gasteiger partial charge >= 0.3 is 0 Å². The van der Waals surface area contributed by atoms with Crippen LogP contribution in [0.4, 0.5) is 0 Å². The molecule has 2 heterocycles. The quantitative estimate of drug-likeness (QED) is 0.773. The molecule has 6 heteroatoms. The molecule has 1 aromatic rings. The van der Waals surface area contributed by atoms with Crippen LogP contribution in [0.3, 0.4) is 0 Å². The van der Waals surface area contributed by atoms with Crippen molar-refractivity contribution in [1.82, 2.24) is 9.80 Å². The molecule has 2 fully saturated rings. The number of ether oxygens (including phenoxy) is 1. The van der Waals surface area contributed by atoms with Gasteiger partial charge in [0.25, 0.3) is 0 Å². The Morgan fingerprint density at radius 3 is 2.52 bits per heavy atom. The van der Waals surface area contributed by atoms with Crippen LogP contribution in [0.5, 0.6) is 0 Å². The molecule has 25 heavy (non-hydrogen) atoms. The summed E-state index contributed by atoms with van der Waals surface area (Å²) in [6, 6.07) is 8.20. The molecule has 2 atom stereocenters. The Labute approximate surface area is 154 Å². The normalized spacial score (nSPS) is 24.6. The van der Waals surface area contributed by atoms with Crippen molar-refractivity contribution in [2.75, 3.05) is 58.8 Å². The number of morpholine rings is 1. The van der Waals surface area contributed by atoms with Gasteiger partial charge in [-0.15, -0.1) is 11.8 Å². The van der Waals surface area contributed by atoms with E-state index in [1.165, 1.54) is 4.90 Å². The SMILES string of the molecule is CSc1ccc(CC(=O)N2C[C@@H](CN3CCOCC3)[C@@H](CO)C2)cc1. The number of thioether (sulfide) groups is 1. The molecule has 0 aliphatic carbocycles. The summed E-state index contributed by atoms with van der Waals surface area (Å²) in [5, 5.41) is 9.73. The first-order valence-electron chi connectivity index (χ1n) is 9.01. The number of rotatable bonds is 6. The van der Waals surface area contributed by atoms with Crippen molar-refractivity contribution in [1.29, 1.82) is 0 Å². The van der Waals surface area contributed by atoms with Gasteiger partial charge in [-0.2, -0.15) is 0 Å². The van der Waals surface area contributed by atoms with Gasteiger partial charge in [0.2, 0.25) is 5.91 Å². The standard InChI is InChI=1S/C19H28N2O3S/c1-25-18-4-2-15(3-5-18)10-19(23)21-12-16(17(13-21)14-22)11-20-6-8-24-9-7-20/h2-5,16-17,22H,6-14H2,1H3/t16-,17-/m1/s1. The van der Waals surface area contributed by atoms with Crippen molar-refractivity contribution in [2.45, 2.75) is 11.3 Å². The van der Waals surface area contributed by atoms with Crippen LogP contribution in [-0.2, 0) is 16.0 Å². The van der Waals surface area contributed by atoms with Gasteiger partial charge in [-0.25, -0.2) is 0 Å². The molecular formula is C19H28N2O3S. The second-order valence-electron chi connectivity index (χ2n) is 6.94. The summed E-state index contributed by atoms with van der Waals surface area (Å²) < 4.78 is 5.40. The number of hydrogen-bond donors (Lipinski definition) is 1. The van der Waals surface area contributed by atoms with Crippen LogP contribution in [-0.4, -0.2) is 79.6 Å². The lowest BCUT2D eigenvalue weighted by Gasteiger charge is -2.30. The highest BCUT2D eigenvalue weighted by atomic mass is 32.2. The summed E-state index contributed by atoms with van der Waals surface area (Å²) in [7, 11) is 0. The number of nitrogens with zero attached hydrogens (tertiary/aromatic N) is 2. The van der Waals surface area contributed by atoms with Crippen molar-refractivity contribution in [3.05, 3.63) is 29.8 Å². The van der Waals surface area contributed by atoms with E-state index in [1.807, 2.05) is 23.3 Å². The molecule has 0 radical (unpaired) electrons. The van der Waals surface area contributed by atoms with Gasteiger partial charge in [-0.1, -0.05) is 12.1 Å². The molecule has 0 unspecified atom stereocenters. The minimum Gasteiger partial charge on any atom is -0.396 e. The second-order valence-corrected chi connectivity index (χ2v) is 7.82. The highest BCUT2D eigenvalue weighted by Crippen LogP contribution is 2.25. The van der Waals surface area contributed by atoms with Gasteiger partial charge in [0.05, 0.1) is 19.6 Å². The number of aliphatic hydroxyl groups excluding tert-OH is 1. The zero-order valence-electron chi connectivity index (χ0n) is 14.9. The monoisotopic (exact) mass is 364 g/mol. The average molecular weight is 365 g/mol. The van der Waals surface area contributed by atoms with E-state index in [0.717, 1.165) is 45.0 Å². The Morgan fingerprint density at radius 2 is 1.88 bits per heavy atom. The largest absolute Gasteiger partial charge is 0.396 e. The van der Waals surface area contributed by atoms with E-state index in [9.17, 15) is 9.90 Å². The van der Waals surface area contributed by atoms with Crippen LogP contribution in [0.15, 0.2) is 29.2 Å². The second kappa shape index (κ2) is 9.03. The summed E-state index contributed by atoms with van der Waals surface area (Å²) in [6.45, 7) is 5.99. The lowest BCUT2D eigenvalue weighted by Crippen LogP contribution is -2.41. The number of aliphatic hydroxyl groups is 1. The Morgan fingerprint density at radius 1 is 1.20 bits per heavy atom. The summed E-state index contributed by atoms with van der Waals surface area (Å²) in [5.41, 5.74) is 1.06. The Kier molecular flexibility index (Phi) is 6.76. The van der Waals surface area contributed by atoms with Crippen molar-refractivity contribution in [3.8, 4) is 0 Å². The first-order chi connectivity index (χ1) is 12.2. The molecule has 0 bridgehead atoms. The molecule has 0 aromatic heterocycles. The van der Waals surface area contributed by atoms with E-state index in [0.29, 0.717) is 18.9 Å². The third-order valence-electron chi connectivity index (χ3n) is 5.27. The highest BCUT2D eigenvalue weighted by Gasteiger charge is 2.35. The maximum absolute atomic E-state index is 12.7. The van der Waals surface area contributed by atoms with Gasteiger partial charge < -0.3 is 14.7 Å². The third kappa shape index (κ3) is 4.97. The Hall–Kier alpha value is -1.08. The molecule has 138 valence electrons. The van der Waals surface area contributed by atoms with E-state index in [4.69, 9.17) is 4.74 Å². The lowest BCUT2D eigenvalue weighted by molar-refractivity contribution is -0.129. The molecule has 2 aliphatic rings. The highest BCUT2D eigenvalue weighted by molar-refractivity contribution is 7.98. The number of hydrogen-bond acceptors (Lipinski definition) is 5. The Balaban J connectivity index is 1.55. The van der Waals surface area contributed by atoms with Gasteiger partial charge in [0.1, 0.15) is 0 Å². The van der Waals surface area contributed by atoms with Gasteiger partial charge in [-0.05, 0) is 29.9 Å². The molecule has 1 N–H and O–H groups in total. The number of amides is 1. The van der Waals surface area contributed by atoms with E-state index in [2.05, 4.69) is 17.0 Å².